The van der Waals surface area contributed by atoms with Crippen LogP contribution in [0.1, 0.15) is 39.5 Å². The molecule has 0 amide bonds. The average Bonchev–Trinajstić information content (AvgIpc) is 2.96. The largest absolute Gasteiger partial charge is 0.465 e. The van der Waals surface area contributed by atoms with Crippen LogP contribution in [0, 0.1) is 17.8 Å². The summed E-state index contributed by atoms with van der Waals surface area (Å²) in [7, 11) is 0. The number of fused-ring (bicyclic) bond motifs is 2. The van der Waals surface area contributed by atoms with Gasteiger partial charge in [-0.05, 0) is 38.5 Å². The number of halogens is 6. The van der Waals surface area contributed by atoms with Crippen molar-refractivity contribution >= 4 is 28.6 Å². The number of esters is 1. The summed E-state index contributed by atoms with van der Waals surface area (Å²) in [5, 5.41) is 9.81. The summed E-state index contributed by atoms with van der Waals surface area (Å²) in [6.07, 6.45) is -5.28. The van der Waals surface area contributed by atoms with Gasteiger partial charge in [0.2, 0.25) is 5.60 Å². The van der Waals surface area contributed by atoms with E-state index >= 15 is 0 Å². The van der Waals surface area contributed by atoms with E-state index in [4.69, 9.17) is 4.74 Å². The molecule has 2 aliphatic rings. The van der Waals surface area contributed by atoms with Crippen LogP contribution in [-0.4, -0.2) is 38.8 Å². The van der Waals surface area contributed by atoms with Gasteiger partial charge in [-0.1, -0.05) is 29.5 Å². The molecule has 0 heterocycles. The zero-order valence-electron chi connectivity index (χ0n) is 13.3. The number of alkyl halides is 6. The Morgan fingerprint density at radius 1 is 1.33 bits per heavy atom. The van der Waals surface area contributed by atoms with E-state index in [1.165, 1.54) is 0 Å². The second kappa shape index (κ2) is 6.21. The molecular formula is C15H20F5IO3. The quantitative estimate of drug-likeness (QED) is 0.285. The highest BCUT2D eigenvalue weighted by molar-refractivity contribution is 14.1. The predicted molar refractivity (Wildman–Crippen MR) is 83.9 cm³/mol. The Kier molecular flexibility index (Phi) is 5.21. The predicted octanol–water partition coefficient (Wildman–Crippen LogP) is 4.11. The first-order valence-corrected chi connectivity index (χ1v) is 8.90. The van der Waals surface area contributed by atoms with Gasteiger partial charge >= 0.3 is 12.1 Å². The van der Waals surface area contributed by atoms with Crippen LogP contribution in [0.4, 0.5) is 22.0 Å². The minimum absolute atomic E-state index is 0.0395. The van der Waals surface area contributed by atoms with Gasteiger partial charge in [0.1, 0.15) is 3.42 Å². The highest BCUT2D eigenvalue weighted by Gasteiger charge is 2.81. The van der Waals surface area contributed by atoms with Crippen LogP contribution in [-0.2, 0) is 9.53 Å². The smallest absolute Gasteiger partial charge is 0.423 e. The van der Waals surface area contributed by atoms with Crippen LogP contribution in [0.5, 0.6) is 0 Å². The van der Waals surface area contributed by atoms with Gasteiger partial charge in [-0.25, -0.2) is 8.78 Å². The minimum atomic E-state index is -5.39. The van der Waals surface area contributed by atoms with Crippen molar-refractivity contribution in [1.82, 2.24) is 0 Å². The molecule has 0 aliphatic heterocycles. The van der Waals surface area contributed by atoms with Gasteiger partial charge in [-0.3, -0.25) is 4.79 Å². The van der Waals surface area contributed by atoms with Gasteiger partial charge < -0.3 is 9.84 Å². The summed E-state index contributed by atoms with van der Waals surface area (Å²) in [6.45, 7) is 3.34. The summed E-state index contributed by atoms with van der Waals surface area (Å²) in [6, 6.07) is 0. The molecule has 1 N–H and O–H groups in total. The van der Waals surface area contributed by atoms with Crippen LogP contribution in [0.15, 0.2) is 0 Å². The van der Waals surface area contributed by atoms with E-state index in [0.29, 0.717) is 6.42 Å². The van der Waals surface area contributed by atoms with E-state index in [-0.39, 0.29) is 25.9 Å². The second-order valence-corrected chi connectivity index (χ2v) is 9.28. The summed E-state index contributed by atoms with van der Waals surface area (Å²) >= 11 is 1.93. The lowest BCUT2D eigenvalue weighted by atomic mass is 9.73. The van der Waals surface area contributed by atoms with Crippen molar-refractivity contribution in [1.29, 1.82) is 0 Å². The van der Waals surface area contributed by atoms with Crippen molar-refractivity contribution in [3.8, 4) is 0 Å². The SMILES string of the molecule is CCC(C)(I)C(=O)OCCC1CC2CC1C(O)(C(F)(F)F)C2(F)F. The van der Waals surface area contributed by atoms with Gasteiger partial charge in [0.05, 0.1) is 6.61 Å². The van der Waals surface area contributed by atoms with Gasteiger partial charge in [-0.2, -0.15) is 13.2 Å². The number of aliphatic hydroxyl groups is 1. The molecule has 9 heteroatoms. The third-order valence-electron chi connectivity index (χ3n) is 5.50. The molecule has 140 valence electrons. The molecule has 0 saturated heterocycles. The molecule has 0 radical (unpaired) electrons. The maximum atomic E-state index is 14.0. The van der Waals surface area contributed by atoms with E-state index in [1.807, 2.05) is 22.6 Å². The van der Waals surface area contributed by atoms with Crippen LogP contribution in [0.25, 0.3) is 0 Å². The van der Waals surface area contributed by atoms with E-state index < -0.39 is 44.8 Å². The Morgan fingerprint density at radius 3 is 2.38 bits per heavy atom. The number of carbonyl (C=O) groups is 1. The van der Waals surface area contributed by atoms with E-state index in [9.17, 15) is 31.9 Å². The summed E-state index contributed by atoms with van der Waals surface area (Å²) in [5.41, 5.74) is -3.99. The Morgan fingerprint density at radius 2 is 1.92 bits per heavy atom. The van der Waals surface area contributed by atoms with Crippen LogP contribution >= 0.6 is 22.6 Å². The monoisotopic (exact) mass is 470 g/mol. The molecule has 2 bridgehead atoms. The summed E-state index contributed by atoms with van der Waals surface area (Å²) < 4.78 is 71.6. The number of hydrogen-bond donors (Lipinski definition) is 1. The Bertz CT molecular complexity index is 508. The van der Waals surface area contributed by atoms with Crippen molar-refractivity contribution < 1.29 is 36.6 Å². The molecule has 2 rings (SSSR count). The number of rotatable bonds is 5. The van der Waals surface area contributed by atoms with Gasteiger partial charge in [0, 0.05) is 11.8 Å². The number of hydrogen-bond acceptors (Lipinski definition) is 3. The molecule has 3 nitrogen and oxygen atoms in total. The van der Waals surface area contributed by atoms with Crippen molar-refractivity contribution in [2.45, 2.75) is 60.7 Å². The molecule has 0 aromatic carbocycles. The zero-order valence-corrected chi connectivity index (χ0v) is 15.5. The summed E-state index contributed by atoms with van der Waals surface area (Å²) in [4.78, 5) is 11.8. The third-order valence-corrected chi connectivity index (χ3v) is 6.70. The number of carbonyl (C=O) groups excluding carboxylic acids is 1. The number of ether oxygens (including phenoxy) is 1. The topological polar surface area (TPSA) is 46.5 Å². The molecule has 2 saturated carbocycles. The first-order valence-electron chi connectivity index (χ1n) is 7.82. The molecule has 0 spiro atoms. The normalized spacial score (nSPS) is 37.3. The third kappa shape index (κ3) is 2.93. The fraction of sp³-hybridized carbons (Fsp3) is 0.933. The van der Waals surface area contributed by atoms with E-state index in [0.717, 1.165) is 0 Å². The standard InChI is InChI=1S/C15H20F5IO3/c1-3-12(2,21)11(22)24-5-4-8-6-9-7-10(8)13(23,14(9,16)17)15(18,19)20/h8-10,23H,3-7H2,1-2H3. The van der Waals surface area contributed by atoms with Gasteiger partial charge in [0.25, 0.3) is 5.92 Å². The van der Waals surface area contributed by atoms with E-state index in [1.54, 1.807) is 13.8 Å². The van der Waals surface area contributed by atoms with Gasteiger partial charge in [-0.15, -0.1) is 0 Å². The molecular weight excluding hydrogens is 450 g/mol. The van der Waals surface area contributed by atoms with Crippen LogP contribution in [0.3, 0.4) is 0 Å². The second-order valence-electron chi connectivity index (χ2n) is 6.90. The van der Waals surface area contributed by atoms with Crippen molar-refractivity contribution in [2.24, 2.45) is 17.8 Å². The van der Waals surface area contributed by atoms with Gasteiger partial charge in [0.15, 0.2) is 0 Å². The maximum absolute atomic E-state index is 14.0. The Balaban J connectivity index is 2.02. The van der Waals surface area contributed by atoms with Crippen LogP contribution in [0.2, 0.25) is 0 Å². The molecule has 2 fully saturated rings. The molecule has 0 aromatic heterocycles. The summed E-state index contributed by atoms with van der Waals surface area (Å²) in [5.74, 6) is -8.44. The average molecular weight is 470 g/mol. The Labute approximate surface area is 150 Å². The fourth-order valence-electron chi connectivity index (χ4n) is 3.81. The fourth-order valence-corrected chi connectivity index (χ4v) is 3.96. The first kappa shape index (κ1) is 20.1. The molecule has 5 unspecified atom stereocenters. The van der Waals surface area contributed by atoms with E-state index in [2.05, 4.69) is 0 Å². The maximum Gasteiger partial charge on any atom is 0.423 e. The zero-order chi connectivity index (χ0) is 18.6. The van der Waals surface area contributed by atoms with Crippen molar-refractivity contribution in [3.63, 3.8) is 0 Å². The highest BCUT2D eigenvalue weighted by Crippen LogP contribution is 2.66. The Hall–Kier alpha value is -0.190. The lowest BCUT2D eigenvalue weighted by Gasteiger charge is -2.43. The lowest BCUT2D eigenvalue weighted by molar-refractivity contribution is -0.352. The molecule has 0 aromatic rings. The minimum Gasteiger partial charge on any atom is -0.465 e. The van der Waals surface area contributed by atoms with Crippen LogP contribution < -0.4 is 0 Å². The van der Waals surface area contributed by atoms with Crippen molar-refractivity contribution in [2.75, 3.05) is 6.61 Å². The lowest BCUT2D eigenvalue weighted by Crippen LogP contribution is -2.63. The molecule has 2 aliphatic carbocycles. The van der Waals surface area contributed by atoms with Crippen molar-refractivity contribution in [3.05, 3.63) is 0 Å². The first-order chi connectivity index (χ1) is 10.8. The molecule has 24 heavy (non-hydrogen) atoms. The highest BCUT2D eigenvalue weighted by atomic mass is 127. The molecule has 5 atom stereocenters.